The number of benzene rings is 2. The Morgan fingerprint density at radius 2 is 1.81 bits per heavy atom. The van der Waals surface area contributed by atoms with Gasteiger partial charge in [-0.25, -0.2) is 0 Å². The van der Waals surface area contributed by atoms with E-state index in [0.29, 0.717) is 22.7 Å². The Bertz CT molecular complexity index is 676. The van der Waals surface area contributed by atoms with E-state index in [2.05, 4.69) is 21.2 Å². The lowest BCUT2D eigenvalue weighted by molar-refractivity contribution is 0.0961. The van der Waals surface area contributed by atoms with Crippen molar-refractivity contribution in [1.82, 2.24) is 5.32 Å². The minimum atomic E-state index is -0.212. The van der Waals surface area contributed by atoms with Crippen molar-refractivity contribution in [3.8, 4) is 11.5 Å². The second-order valence-electron chi connectivity index (χ2n) is 4.81. The summed E-state index contributed by atoms with van der Waals surface area (Å²) < 4.78 is 6.92. The fraction of sp³-hybridized carbons (Fsp3) is 0.188. The molecule has 0 unspecified atom stereocenters. The van der Waals surface area contributed by atoms with Crippen molar-refractivity contribution in [3.05, 3.63) is 51.5 Å². The van der Waals surface area contributed by atoms with Crippen LogP contribution in [-0.2, 0) is 0 Å². The number of hydrogen-bond donors (Lipinski definition) is 2. The van der Waals surface area contributed by atoms with Gasteiger partial charge in [0, 0.05) is 23.3 Å². The zero-order chi connectivity index (χ0) is 15.6. The number of anilines is 1. The summed E-state index contributed by atoms with van der Waals surface area (Å²) in [6.07, 6.45) is 0. The fourth-order valence-electron chi connectivity index (χ4n) is 2.04. The number of hydrogen-bond acceptors (Lipinski definition) is 3. The number of ether oxygens (including phenoxy) is 1. The molecule has 4 nitrogen and oxygen atoms in total. The van der Waals surface area contributed by atoms with Crippen LogP contribution in [0.3, 0.4) is 0 Å². The van der Waals surface area contributed by atoms with Crippen LogP contribution in [0.4, 0.5) is 5.69 Å². The molecule has 5 heteroatoms. The standard InChI is InChI=1S/C16H17BrN2O2/c1-9-6-12(7-10(2)15(9)17)21-14-8-11(18)4-5-13(14)16(20)19-3/h4-8H,18H2,1-3H3,(H,19,20). The van der Waals surface area contributed by atoms with Crippen LogP contribution in [0.2, 0.25) is 0 Å². The maximum absolute atomic E-state index is 11.9. The quantitative estimate of drug-likeness (QED) is 0.829. The van der Waals surface area contributed by atoms with E-state index in [9.17, 15) is 4.79 Å². The van der Waals surface area contributed by atoms with E-state index < -0.39 is 0 Å². The number of rotatable bonds is 3. The van der Waals surface area contributed by atoms with Crippen LogP contribution >= 0.6 is 15.9 Å². The molecule has 21 heavy (non-hydrogen) atoms. The summed E-state index contributed by atoms with van der Waals surface area (Å²) in [6.45, 7) is 3.98. The molecule has 0 aliphatic heterocycles. The van der Waals surface area contributed by atoms with Gasteiger partial charge in [0.1, 0.15) is 11.5 Å². The van der Waals surface area contributed by atoms with Gasteiger partial charge >= 0.3 is 0 Å². The molecule has 0 fully saturated rings. The average Bonchev–Trinajstić information content (AvgIpc) is 2.44. The Balaban J connectivity index is 2.43. The third kappa shape index (κ3) is 3.36. The molecule has 0 aromatic heterocycles. The Hall–Kier alpha value is -2.01. The molecule has 1 amide bonds. The Kier molecular flexibility index (Phi) is 4.53. The highest BCUT2D eigenvalue weighted by Gasteiger charge is 2.13. The summed E-state index contributed by atoms with van der Waals surface area (Å²) in [4.78, 5) is 11.9. The monoisotopic (exact) mass is 348 g/mol. The summed E-state index contributed by atoms with van der Waals surface area (Å²) in [7, 11) is 1.58. The summed E-state index contributed by atoms with van der Waals surface area (Å²) >= 11 is 3.52. The zero-order valence-electron chi connectivity index (χ0n) is 12.2. The zero-order valence-corrected chi connectivity index (χ0v) is 13.7. The highest BCUT2D eigenvalue weighted by atomic mass is 79.9. The largest absolute Gasteiger partial charge is 0.456 e. The van der Waals surface area contributed by atoms with Gasteiger partial charge in [0.2, 0.25) is 0 Å². The van der Waals surface area contributed by atoms with Crippen LogP contribution in [0.15, 0.2) is 34.8 Å². The topological polar surface area (TPSA) is 64.4 Å². The number of halogens is 1. The van der Waals surface area contributed by atoms with Crippen LogP contribution < -0.4 is 15.8 Å². The van der Waals surface area contributed by atoms with Crippen LogP contribution in [0, 0.1) is 13.8 Å². The molecule has 0 saturated heterocycles. The molecule has 110 valence electrons. The van der Waals surface area contributed by atoms with E-state index in [1.807, 2.05) is 26.0 Å². The van der Waals surface area contributed by atoms with Crippen molar-refractivity contribution in [2.75, 3.05) is 12.8 Å². The van der Waals surface area contributed by atoms with Crippen molar-refractivity contribution < 1.29 is 9.53 Å². The van der Waals surface area contributed by atoms with Gasteiger partial charge in [-0.05, 0) is 49.2 Å². The van der Waals surface area contributed by atoms with E-state index >= 15 is 0 Å². The molecular formula is C16H17BrN2O2. The summed E-state index contributed by atoms with van der Waals surface area (Å²) in [6, 6.07) is 8.80. The van der Waals surface area contributed by atoms with Gasteiger partial charge in [0.05, 0.1) is 5.56 Å². The Morgan fingerprint density at radius 1 is 1.19 bits per heavy atom. The first-order valence-electron chi connectivity index (χ1n) is 6.48. The van der Waals surface area contributed by atoms with Gasteiger partial charge in [-0.1, -0.05) is 15.9 Å². The van der Waals surface area contributed by atoms with Crippen molar-refractivity contribution >= 4 is 27.5 Å². The van der Waals surface area contributed by atoms with E-state index in [1.54, 1.807) is 25.2 Å². The molecule has 2 aromatic carbocycles. The molecule has 3 N–H and O–H groups in total. The van der Waals surface area contributed by atoms with Gasteiger partial charge in [-0.3, -0.25) is 4.79 Å². The summed E-state index contributed by atoms with van der Waals surface area (Å²) in [5.41, 5.74) is 8.91. The molecule has 0 aliphatic rings. The number of aryl methyl sites for hydroxylation is 2. The van der Waals surface area contributed by atoms with Crippen LogP contribution in [0.25, 0.3) is 0 Å². The molecule has 0 bridgehead atoms. The third-order valence-electron chi connectivity index (χ3n) is 3.12. The Labute approximate surface area is 132 Å². The lowest BCUT2D eigenvalue weighted by atomic mass is 10.1. The Morgan fingerprint density at radius 3 is 2.38 bits per heavy atom. The molecule has 0 aliphatic carbocycles. The summed E-state index contributed by atoms with van der Waals surface area (Å²) in [5.74, 6) is 0.898. The number of carbonyl (C=O) groups is 1. The first-order chi connectivity index (χ1) is 9.92. The number of carbonyl (C=O) groups excluding carboxylic acids is 1. The molecule has 0 heterocycles. The van der Waals surface area contributed by atoms with Gasteiger partial charge in [-0.2, -0.15) is 0 Å². The second-order valence-corrected chi connectivity index (χ2v) is 5.60. The van der Waals surface area contributed by atoms with E-state index in [1.165, 1.54) is 0 Å². The van der Waals surface area contributed by atoms with Gasteiger partial charge in [-0.15, -0.1) is 0 Å². The van der Waals surface area contributed by atoms with Gasteiger partial charge in [0.15, 0.2) is 0 Å². The van der Waals surface area contributed by atoms with Crippen molar-refractivity contribution in [2.45, 2.75) is 13.8 Å². The van der Waals surface area contributed by atoms with Crippen LogP contribution in [0.1, 0.15) is 21.5 Å². The minimum Gasteiger partial charge on any atom is -0.456 e. The first kappa shape index (κ1) is 15.4. The second kappa shape index (κ2) is 6.18. The molecule has 0 saturated carbocycles. The number of nitrogens with one attached hydrogen (secondary N) is 1. The van der Waals surface area contributed by atoms with E-state index in [-0.39, 0.29) is 5.91 Å². The smallest absolute Gasteiger partial charge is 0.254 e. The highest BCUT2D eigenvalue weighted by molar-refractivity contribution is 9.10. The predicted octanol–water partition coefficient (Wildman–Crippen LogP) is 3.80. The molecule has 0 atom stereocenters. The number of amides is 1. The van der Waals surface area contributed by atoms with E-state index in [4.69, 9.17) is 10.5 Å². The normalized spacial score (nSPS) is 10.3. The first-order valence-corrected chi connectivity index (χ1v) is 7.28. The van der Waals surface area contributed by atoms with Gasteiger partial charge < -0.3 is 15.8 Å². The maximum Gasteiger partial charge on any atom is 0.254 e. The summed E-state index contributed by atoms with van der Waals surface area (Å²) in [5, 5.41) is 2.59. The average molecular weight is 349 g/mol. The maximum atomic E-state index is 11.9. The third-order valence-corrected chi connectivity index (χ3v) is 4.37. The van der Waals surface area contributed by atoms with Crippen LogP contribution in [0.5, 0.6) is 11.5 Å². The number of nitrogen functional groups attached to an aromatic ring is 1. The lowest BCUT2D eigenvalue weighted by Crippen LogP contribution is -2.18. The van der Waals surface area contributed by atoms with Crippen molar-refractivity contribution in [1.29, 1.82) is 0 Å². The van der Waals surface area contributed by atoms with Gasteiger partial charge in [0.25, 0.3) is 5.91 Å². The number of nitrogens with two attached hydrogens (primary N) is 1. The molecule has 2 rings (SSSR count). The predicted molar refractivity (Wildman–Crippen MR) is 87.9 cm³/mol. The molecule has 0 spiro atoms. The SMILES string of the molecule is CNC(=O)c1ccc(N)cc1Oc1cc(C)c(Br)c(C)c1. The molecule has 0 radical (unpaired) electrons. The van der Waals surface area contributed by atoms with Crippen molar-refractivity contribution in [2.24, 2.45) is 0 Å². The fourth-order valence-corrected chi connectivity index (χ4v) is 2.27. The highest BCUT2D eigenvalue weighted by Crippen LogP contribution is 2.32. The minimum absolute atomic E-state index is 0.212. The molecular weight excluding hydrogens is 332 g/mol. The van der Waals surface area contributed by atoms with Crippen molar-refractivity contribution in [3.63, 3.8) is 0 Å². The molecule has 2 aromatic rings. The van der Waals surface area contributed by atoms with Crippen LogP contribution in [-0.4, -0.2) is 13.0 Å². The lowest BCUT2D eigenvalue weighted by Gasteiger charge is -2.13. The van der Waals surface area contributed by atoms with E-state index in [0.717, 1.165) is 15.6 Å².